The van der Waals surface area contributed by atoms with E-state index >= 15 is 0 Å². The van der Waals surface area contributed by atoms with E-state index in [1.54, 1.807) is 50.6 Å². The van der Waals surface area contributed by atoms with Gasteiger partial charge in [0.15, 0.2) is 11.5 Å². The number of likely N-dealkylation sites (N-methyl/N-ethyl adjacent to an activating group) is 1. The summed E-state index contributed by atoms with van der Waals surface area (Å²) in [6.07, 6.45) is 1.78. The lowest BCUT2D eigenvalue weighted by atomic mass is 10.1. The normalized spacial score (nSPS) is 15.6. The molecule has 0 spiro atoms. The van der Waals surface area contributed by atoms with Gasteiger partial charge < -0.3 is 9.47 Å². The van der Waals surface area contributed by atoms with Crippen molar-refractivity contribution in [3.05, 3.63) is 62.5 Å². The minimum Gasteiger partial charge on any atom is -0.493 e. The molecule has 1 fully saturated rings. The van der Waals surface area contributed by atoms with E-state index in [9.17, 15) is 4.79 Å². The van der Waals surface area contributed by atoms with Gasteiger partial charge in [0.05, 0.1) is 12.0 Å². The number of nitrogens with zero attached hydrogens (tertiary/aromatic N) is 1. The van der Waals surface area contributed by atoms with E-state index in [2.05, 4.69) is 0 Å². The van der Waals surface area contributed by atoms with E-state index in [0.717, 1.165) is 5.56 Å². The Morgan fingerprint density at radius 3 is 2.48 bits per heavy atom. The first-order valence-corrected chi connectivity index (χ1v) is 9.84. The van der Waals surface area contributed by atoms with Gasteiger partial charge in [0, 0.05) is 22.7 Å². The molecule has 2 aromatic rings. The van der Waals surface area contributed by atoms with Gasteiger partial charge in [-0.2, -0.15) is 0 Å². The Morgan fingerprint density at radius 2 is 1.89 bits per heavy atom. The average molecular weight is 440 g/mol. The van der Waals surface area contributed by atoms with Gasteiger partial charge >= 0.3 is 0 Å². The molecule has 0 N–H and O–H groups in total. The molecule has 4 nitrogen and oxygen atoms in total. The number of hydrogen-bond donors (Lipinski definition) is 0. The Labute approximate surface area is 177 Å². The van der Waals surface area contributed by atoms with Crippen molar-refractivity contribution >= 4 is 63.5 Å². The summed E-state index contributed by atoms with van der Waals surface area (Å²) in [5.41, 5.74) is 1.52. The van der Waals surface area contributed by atoms with Gasteiger partial charge in [0.2, 0.25) is 0 Å². The highest BCUT2D eigenvalue weighted by atomic mass is 35.5. The number of hydrogen-bond acceptors (Lipinski definition) is 5. The average Bonchev–Trinajstić information content (AvgIpc) is 2.89. The van der Waals surface area contributed by atoms with Crippen LogP contribution < -0.4 is 9.47 Å². The van der Waals surface area contributed by atoms with Crippen molar-refractivity contribution in [1.29, 1.82) is 0 Å². The molecule has 27 heavy (non-hydrogen) atoms. The number of benzene rings is 2. The SMILES string of the molecule is COc1cc(/C=C2/SC(=S)N(C)C2=O)ccc1OCc1c(Cl)cccc1Cl. The lowest BCUT2D eigenvalue weighted by Crippen LogP contribution is -2.22. The fourth-order valence-electron chi connectivity index (χ4n) is 2.41. The standard InChI is InChI=1S/C19H15Cl2NO3S2/c1-22-18(23)17(27-19(22)26)9-11-6-7-15(16(8-11)24-2)25-10-12-13(20)4-3-5-14(12)21/h3-9H,10H2,1-2H3/b17-9+. The fraction of sp³-hybridized carbons (Fsp3) is 0.158. The van der Waals surface area contributed by atoms with Crippen molar-refractivity contribution in [3.8, 4) is 11.5 Å². The first-order chi connectivity index (χ1) is 12.9. The summed E-state index contributed by atoms with van der Waals surface area (Å²) in [5.74, 6) is 0.977. The van der Waals surface area contributed by atoms with Crippen LogP contribution >= 0.6 is 47.2 Å². The predicted molar refractivity (Wildman–Crippen MR) is 115 cm³/mol. The number of rotatable bonds is 5. The zero-order valence-corrected chi connectivity index (χ0v) is 17.6. The molecule has 140 valence electrons. The van der Waals surface area contributed by atoms with Crippen molar-refractivity contribution in [2.45, 2.75) is 6.61 Å². The molecule has 0 aromatic heterocycles. The summed E-state index contributed by atoms with van der Waals surface area (Å²) in [6.45, 7) is 0.211. The topological polar surface area (TPSA) is 38.8 Å². The van der Waals surface area contributed by atoms with E-state index in [0.29, 0.717) is 36.3 Å². The quantitative estimate of drug-likeness (QED) is 0.459. The van der Waals surface area contributed by atoms with Crippen LogP contribution in [0.15, 0.2) is 41.3 Å². The van der Waals surface area contributed by atoms with E-state index in [-0.39, 0.29) is 12.5 Å². The van der Waals surface area contributed by atoms with Crippen LogP contribution in [0.4, 0.5) is 0 Å². The molecule has 2 aromatic carbocycles. The molecule has 0 saturated carbocycles. The maximum atomic E-state index is 12.1. The van der Waals surface area contributed by atoms with Crippen LogP contribution in [-0.2, 0) is 11.4 Å². The fourth-order valence-corrected chi connectivity index (χ4v) is 4.10. The molecule has 1 saturated heterocycles. The van der Waals surface area contributed by atoms with Gasteiger partial charge in [-0.15, -0.1) is 0 Å². The van der Waals surface area contributed by atoms with Crippen molar-refractivity contribution in [2.24, 2.45) is 0 Å². The van der Waals surface area contributed by atoms with Gasteiger partial charge in [-0.1, -0.05) is 59.3 Å². The molecular formula is C19H15Cl2NO3S2. The number of halogens is 2. The lowest BCUT2D eigenvalue weighted by molar-refractivity contribution is -0.121. The van der Waals surface area contributed by atoms with E-state index in [1.165, 1.54) is 16.7 Å². The molecule has 0 radical (unpaired) electrons. The summed E-state index contributed by atoms with van der Waals surface area (Å²) < 4.78 is 11.8. The largest absolute Gasteiger partial charge is 0.493 e. The number of carbonyl (C=O) groups is 1. The third-order valence-corrected chi connectivity index (χ3v) is 6.10. The highest BCUT2D eigenvalue weighted by Gasteiger charge is 2.28. The third-order valence-electron chi connectivity index (χ3n) is 3.91. The number of ether oxygens (including phenoxy) is 2. The van der Waals surface area contributed by atoms with Gasteiger partial charge in [0.1, 0.15) is 10.9 Å². The Bertz CT molecular complexity index is 926. The van der Waals surface area contributed by atoms with Gasteiger partial charge in [-0.3, -0.25) is 9.69 Å². The molecule has 1 amide bonds. The molecule has 8 heteroatoms. The van der Waals surface area contributed by atoms with Gasteiger partial charge in [0.25, 0.3) is 5.91 Å². The minimum atomic E-state index is -0.113. The molecule has 0 aliphatic carbocycles. The molecule has 1 aliphatic heterocycles. The zero-order chi connectivity index (χ0) is 19.6. The Balaban J connectivity index is 1.81. The number of carbonyl (C=O) groups excluding carboxylic acids is 1. The molecular weight excluding hydrogens is 425 g/mol. The number of thiocarbonyl (C=S) groups is 1. The minimum absolute atomic E-state index is 0.113. The predicted octanol–water partition coefficient (Wildman–Crippen LogP) is 5.41. The Hall–Kier alpha value is -1.73. The highest BCUT2D eigenvalue weighted by molar-refractivity contribution is 8.26. The number of methoxy groups -OCH3 is 1. The van der Waals surface area contributed by atoms with Crippen LogP contribution in [0.1, 0.15) is 11.1 Å². The van der Waals surface area contributed by atoms with Crippen molar-refractivity contribution in [2.75, 3.05) is 14.2 Å². The second-order valence-electron chi connectivity index (χ2n) is 5.64. The first kappa shape index (κ1) is 20.0. The Morgan fingerprint density at radius 1 is 1.19 bits per heavy atom. The molecule has 0 bridgehead atoms. The second kappa shape index (κ2) is 8.52. The van der Waals surface area contributed by atoms with Crippen LogP contribution in [0.5, 0.6) is 11.5 Å². The maximum absolute atomic E-state index is 12.1. The Kier molecular flexibility index (Phi) is 6.32. The number of thioether (sulfide) groups is 1. The first-order valence-electron chi connectivity index (χ1n) is 7.86. The van der Waals surface area contributed by atoms with E-state index in [4.69, 9.17) is 44.9 Å². The molecule has 1 aliphatic rings. The van der Waals surface area contributed by atoms with Crippen molar-refractivity contribution in [1.82, 2.24) is 4.90 Å². The molecule has 0 unspecified atom stereocenters. The molecule has 0 atom stereocenters. The van der Waals surface area contributed by atoms with E-state index in [1.807, 2.05) is 6.07 Å². The smallest absolute Gasteiger partial charge is 0.265 e. The number of amides is 1. The van der Waals surface area contributed by atoms with Crippen LogP contribution in [0.3, 0.4) is 0 Å². The van der Waals surface area contributed by atoms with E-state index < -0.39 is 0 Å². The van der Waals surface area contributed by atoms with Crippen molar-refractivity contribution in [3.63, 3.8) is 0 Å². The van der Waals surface area contributed by atoms with Crippen LogP contribution in [0.2, 0.25) is 10.0 Å². The maximum Gasteiger partial charge on any atom is 0.265 e. The van der Waals surface area contributed by atoms with Crippen molar-refractivity contribution < 1.29 is 14.3 Å². The van der Waals surface area contributed by atoms with Crippen LogP contribution in [0, 0.1) is 0 Å². The monoisotopic (exact) mass is 439 g/mol. The zero-order valence-electron chi connectivity index (χ0n) is 14.5. The summed E-state index contributed by atoms with van der Waals surface area (Å²) in [4.78, 5) is 14.2. The van der Waals surface area contributed by atoms with Gasteiger partial charge in [-0.05, 0) is 35.9 Å². The summed E-state index contributed by atoms with van der Waals surface area (Å²) in [6, 6.07) is 10.7. The van der Waals surface area contributed by atoms with Crippen LogP contribution in [0.25, 0.3) is 6.08 Å². The third kappa shape index (κ3) is 4.41. The molecule has 3 rings (SSSR count). The lowest BCUT2D eigenvalue weighted by Gasteiger charge is -2.13. The second-order valence-corrected chi connectivity index (χ2v) is 8.13. The van der Waals surface area contributed by atoms with Gasteiger partial charge in [-0.25, -0.2) is 0 Å². The summed E-state index contributed by atoms with van der Waals surface area (Å²) in [7, 11) is 3.22. The highest BCUT2D eigenvalue weighted by Crippen LogP contribution is 2.35. The molecule has 1 heterocycles. The summed E-state index contributed by atoms with van der Waals surface area (Å²) in [5, 5.41) is 1.08. The summed E-state index contributed by atoms with van der Waals surface area (Å²) >= 11 is 18.8. The van der Waals surface area contributed by atoms with Crippen LogP contribution in [-0.4, -0.2) is 29.3 Å².